The summed E-state index contributed by atoms with van der Waals surface area (Å²) in [5.41, 5.74) is 4.00. The lowest BCUT2D eigenvalue weighted by atomic mass is 9.99. The topological polar surface area (TPSA) is 99.2 Å². The Morgan fingerprint density at radius 1 is 1.69 bits per heavy atom. The molecule has 0 aliphatic heterocycles. The molecular formula is C10H18FN3O2. The van der Waals surface area contributed by atoms with E-state index in [0.717, 1.165) is 0 Å². The van der Waals surface area contributed by atoms with Crippen LogP contribution in [0.4, 0.5) is 4.39 Å². The number of nitrogens with two attached hydrogens (primary N) is 1. The maximum atomic E-state index is 13.1. The van der Waals surface area contributed by atoms with Crippen molar-refractivity contribution in [2.24, 2.45) is 5.73 Å². The first kappa shape index (κ1) is 14.7. The first-order valence-electron chi connectivity index (χ1n) is 4.96. The summed E-state index contributed by atoms with van der Waals surface area (Å²) in [7, 11) is 0. The van der Waals surface area contributed by atoms with Gasteiger partial charge in [0.15, 0.2) is 0 Å². The van der Waals surface area contributed by atoms with Crippen LogP contribution < -0.4 is 11.1 Å². The molecule has 0 aromatic carbocycles. The number of halogens is 1. The summed E-state index contributed by atoms with van der Waals surface area (Å²) < 4.78 is 13.1. The fourth-order valence-electron chi connectivity index (χ4n) is 0.894. The zero-order chi connectivity index (χ0) is 12.6. The number of carboxylic acid groups (broad SMARTS) is 1. The van der Waals surface area contributed by atoms with Crippen LogP contribution in [0.1, 0.15) is 19.8 Å². The van der Waals surface area contributed by atoms with Gasteiger partial charge in [0.05, 0.1) is 5.83 Å². The van der Waals surface area contributed by atoms with Crippen LogP contribution in [0.3, 0.4) is 0 Å². The lowest BCUT2D eigenvalue weighted by Gasteiger charge is -2.16. The highest BCUT2D eigenvalue weighted by molar-refractivity contribution is 5.78. The van der Waals surface area contributed by atoms with Crippen molar-refractivity contribution in [2.45, 2.75) is 25.3 Å². The van der Waals surface area contributed by atoms with Crippen molar-refractivity contribution in [3.63, 3.8) is 0 Å². The Balaban J connectivity index is 3.95. The maximum absolute atomic E-state index is 13.1. The Bertz CT molecular complexity index is 277. The van der Waals surface area contributed by atoms with E-state index >= 15 is 0 Å². The number of carboxylic acids is 1. The van der Waals surface area contributed by atoms with Crippen LogP contribution in [0.2, 0.25) is 0 Å². The third-order valence-electron chi connectivity index (χ3n) is 2.02. The molecule has 0 amide bonds. The highest BCUT2D eigenvalue weighted by Crippen LogP contribution is 2.11. The molecule has 0 heterocycles. The van der Waals surface area contributed by atoms with Crippen LogP contribution in [0, 0.1) is 5.41 Å². The van der Waals surface area contributed by atoms with E-state index in [1.165, 1.54) is 19.2 Å². The first-order valence-corrected chi connectivity index (χ1v) is 4.96. The molecule has 5 nitrogen and oxygen atoms in total. The smallest absolute Gasteiger partial charge is 0.323 e. The largest absolute Gasteiger partial charge is 0.480 e. The number of aliphatic carboxylic acids is 1. The van der Waals surface area contributed by atoms with E-state index in [0.29, 0.717) is 13.1 Å². The normalized spacial score (nSPS) is 15.6. The average molecular weight is 231 g/mol. The van der Waals surface area contributed by atoms with E-state index in [1.807, 2.05) is 0 Å². The molecule has 0 aromatic rings. The predicted octanol–water partition coefficient (Wildman–Crippen LogP) is 0.661. The van der Waals surface area contributed by atoms with Gasteiger partial charge in [-0.1, -0.05) is 6.08 Å². The van der Waals surface area contributed by atoms with Crippen molar-refractivity contribution < 1.29 is 14.3 Å². The second kappa shape index (κ2) is 7.08. The molecule has 1 atom stereocenters. The second-order valence-electron chi connectivity index (χ2n) is 3.74. The molecule has 0 radical (unpaired) electrons. The molecule has 0 saturated carbocycles. The van der Waals surface area contributed by atoms with Gasteiger partial charge in [0.2, 0.25) is 0 Å². The average Bonchev–Trinajstić information content (AvgIpc) is 2.21. The predicted molar refractivity (Wildman–Crippen MR) is 60.3 cm³/mol. The molecule has 0 aliphatic carbocycles. The van der Waals surface area contributed by atoms with Crippen molar-refractivity contribution in [2.75, 3.05) is 13.1 Å². The van der Waals surface area contributed by atoms with Crippen LogP contribution >= 0.6 is 0 Å². The van der Waals surface area contributed by atoms with E-state index in [9.17, 15) is 9.18 Å². The quantitative estimate of drug-likeness (QED) is 0.364. The van der Waals surface area contributed by atoms with E-state index in [-0.39, 0.29) is 12.8 Å². The minimum Gasteiger partial charge on any atom is -0.480 e. The Kier molecular flexibility index (Phi) is 6.52. The van der Waals surface area contributed by atoms with Crippen molar-refractivity contribution in [3.05, 3.63) is 11.9 Å². The molecule has 0 bridgehead atoms. The second-order valence-corrected chi connectivity index (χ2v) is 3.74. The van der Waals surface area contributed by atoms with Crippen molar-refractivity contribution in [1.29, 1.82) is 5.41 Å². The number of nitrogens with one attached hydrogen (secondary N) is 2. The summed E-state index contributed by atoms with van der Waals surface area (Å²) in [5.74, 6) is -1.55. The molecule has 5 N–H and O–H groups in total. The summed E-state index contributed by atoms with van der Waals surface area (Å²) in [6, 6.07) is 0. The molecule has 1 unspecified atom stereocenters. The molecule has 16 heavy (non-hydrogen) atoms. The van der Waals surface area contributed by atoms with Gasteiger partial charge in [-0.3, -0.25) is 4.79 Å². The van der Waals surface area contributed by atoms with Gasteiger partial charge >= 0.3 is 5.97 Å². The van der Waals surface area contributed by atoms with Crippen LogP contribution in [0.15, 0.2) is 11.9 Å². The van der Waals surface area contributed by atoms with Crippen LogP contribution in [-0.2, 0) is 4.79 Å². The highest BCUT2D eigenvalue weighted by atomic mass is 19.1. The fourth-order valence-corrected chi connectivity index (χ4v) is 0.894. The number of hydrogen-bond acceptors (Lipinski definition) is 4. The third-order valence-corrected chi connectivity index (χ3v) is 2.02. The molecule has 6 heteroatoms. The van der Waals surface area contributed by atoms with Gasteiger partial charge in [0, 0.05) is 25.7 Å². The monoisotopic (exact) mass is 231 g/mol. The fraction of sp³-hybridized carbons (Fsp3) is 0.600. The molecule has 92 valence electrons. The van der Waals surface area contributed by atoms with E-state index in [1.54, 1.807) is 0 Å². The summed E-state index contributed by atoms with van der Waals surface area (Å²) in [6.45, 7) is 2.15. The Hall–Kier alpha value is -1.27. The number of rotatable bonds is 8. The number of hydrogen-bond donors (Lipinski definition) is 4. The zero-order valence-corrected chi connectivity index (χ0v) is 9.29. The Labute approximate surface area is 94.0 Å². The summed E-state index contributed by atoms with van der Waals surface area (Å²) in [5, 5.41) is 18.2. The van der Waals surface area contributed by atoms with Gasteiger partial charge in [0.1, 0.15) is 5.54 Å². The van der Waals surface area contributed by atoms with E-state index in [2.05, 4.69) is 5.32 Å². The molecule has 0 aromatic heterocycles. The molecule has 0 fully saturated rings. The minimum absolute atomic E-state index is 0.0429. The van der Waals surface area contributed by atoms with Crippen LogP contribution in [-0.4, -0.2) is 35.9 Å². The first-order chi connectivity index (χ1) is 7.40. The molecular weight excluding hydrogens is 213 g/mol. The van der Waals surface area contributed by atoms with E-state index < -0.39 is 17.3 Å². The van der Waals surface area contributed by atoms with Gasteiger partial charge in [-0.2, -0.15) is 0 Å². The highest BCUT2D eigenvalue weighted by Gasteiger charge is 2.26. The van der Waals surface area contributed by atoms with Crippen LogP contribution in [0.5, 0.6) is 0 Å². The van der Waals surface area contributed by atoms with Gasteiger partial charge in [-0.05, 0) is 13.3 Å². The summed E-state index contributed by atoms with van der Waals surface area (Å²) in [4.78, 5) is 10.6. The van der Waals surface area contributed by atoms with Crippen molar-refractivity contribution in [1.82, 2.24) is 5.32 Å². The minimum atomic E-state index is -1.43. The van der Waals surface area contributed by atoms with Gasteiger partial charge in [-0.25, -0.2) is 4.39 Å². The van der Waals surface area contributed by atoms with E-state index in [4.69, 9.17) is 16.2 Å². The zero-order valence-electron chi connectivity index (χ0n) is 9.29. The van der Waals surface area contributed by atoms with Gasteiger partial charge in [0.25, 0.3) is 0 Å². The summed E-state index contributed by atoms with van der Waals surface area (Å²) in [6.07, 6.45) is 2.51. The Morgan fingerprint density at radius 3 is 2.81 bits per heavy atom. The lowest BCUT2D eigenvalue weighted by molar-refractivity contribution is -0.142. The van der Waals surface area contributed by atoms with Gasteiger partial charge in [-0.15, -0.1) is 0 Å². The van der Waals surface area contributed by atoms with Crippen molar-refractivity contribution >= 4 is 12.2 Å². The molecule has 0 spiro atoms. The van der Waals surface area contributed by atoms with Crippen molar-refractivity contribution in [3.8, 4) is 0 Å². The standard InChI is InChI=1S/C10H18FN3O2/c1-10(13,9(15)16)4-2-8(11)3-6-14-7-5-12/h2,5,12,14H,3-4,6-7,13H2,1H3,(H,15,16). The van der Waals surface area contributed by atoms with Crippen LogP contribution in [0.25, 0.3) is 0 Å². The third kappa shape index (κ3) is 6.26. The maximum Gasteiger partial charge on any atom is 0.323 e. The number of carbonyl (C=O) groups is 1. The molecule has 0 rings (SSSR count). The Morgan fingerprint density at radius 2 is 2.31 bits per heavy atom. The molecule has 0 aliphatic rings. The summed E-state index contributed by atoms with van der Waals surface area (Å²) >= 11 is 0. The SMILES string of the molecule is CC(N)(CC=C(F)CCNCC=N)C(=O)O. The lowest BCUT2D eigenvalue weighted by Crippen LogP contribution is -2.44. The molecule has 0 saturated heterocycles. The van der Waals surface area contributed by atoms with Gasteiger partial charge < -0.3 is 21.6 Å².